The first-order chi connectivity index (χ1) is 13.8. The van der Waals surface area contributed by atoms with Gasteiger partial charge in [0.15, 0.2) is 5.82 Å². The fourth-order valence-electron chi connectivity index (χ4n) is 2.35. The zero-order chi connectivity index (χ0) is 20.9. The van der Waals surface area contributed by atoms with Gasteiger partial charge in [0.25, 0.3) is 0 Å². The predicted molar refractivity (Wildman–Crippen MR) is 114 cm³/mol. The number of hydrogen-bond acceptors (Lipinski definition) is 7. The van der Waals surface area contributed by atoms with E-state index in [-0.39, 0.29) is 16.5 Å². The molecule has 152 valence electrons. The molecule has 29 heavy (non-hydrogen) atoms. The third-order valence-electron chi connectivity index (χ3n) is 3.81. The molecule has 3 rings (SSSR count). The highest BCUT2D eigenvalue weighted by atomic mass is 35.5. The highest BCUT2D eigenvalue weighted by molar-refractivity contribution is 7.89. The second kappa shape index (κ2) is 9.36. The predicted octanol–water partition coefficient (Wildman–Crippen LogP) is 3.62. The standard InChI is InChI=1S/C18H18Cl2N6O2S/c1-12-10-15(14(20)11-13(12)19)29(27,28)23-9-8-22-17-5-6-18(26-25-17)24-16-4-2-3-7-21-16/h2-7,10-11,23H,8-9H2,1H3,(H,22,25)(H,21,24,26). The van der Waals surface area contributed by atoms with Crippen LogP contribution in [0.25, 0.3) is 0 Å². The van der Waals surface area contributed by atoms with Crippen LogP contribution in [0.4, 0.5) is 17.5 Å². The van der Waals surface area contributed by atoms with Gasteiger partial charge in [-0.05, 0) is 48.9 Å². The summed E-state index contributed by atoms with van der Waals surface area (Å²) in [5.41, 5.74) is 0.629. The van der Waals surface area contributed by atoms with E-state index < -0.39 is 10.0 Å². The van der Waals surface area contributed by atoms with Crippen molar-refractivity contribution < 1.29 is 8.42 Å². The van der Waals surface area contributed by atoms with Crippen LogP contribution in [0, 0.1) is 6.92 Å². The minimum atomic E-state index is -3.76. The van der Waals surface area contributed by atoms with Gasteiger partial charge in [-0.2, -0.15) is 0 Å². The molecule has 8 nitrogen and oxygen atoms in total. The van der Waals surface area contributed by atoms with E-state index in [0.29, 0.717) is 34.6 Å². The van der Waals surface area contributed by atoms with Gasteiger partial charge < -0.3 is 10.6 Å². The topological polar surface area (TPSA) is 109 Å². The summed E-state index contributed by atoms with van der Waals surface area (Å²) in [4.78, 5) is 4.14. The average molecular weight is 453 g/mol. The second-order valence-corrected chi connectivity index (χ2v) is 8.55. The van der Waals surface area contributed by atoms with Crippen LogP contribution in [0.3, 0.4) is 0 Å². The summed E-state index contributed by atoms with van der Waals surface area (Å²) in [7, 11) is -3.76. The van der Waals surface area contributed by atoms with Crippen molar-refractivity contribution >= 4 is 50.7 Å². The molecule has 2 aromatic heterocycles. The molecule has 0 aliphatic carbocycles. The van der Waals surface area contributed by atoms with E-state index in [0.717, 1.165) is 0 Å². The number of pyridine rings is 1. The van der Waals surface area contributed by atoms with Crippen LogP contribution < -0.4 is 15.4 Å². The smallest absolute Gasteiger partial charge is 0.242 e. The maximum atomic E-state index is 12.4. The minimum Gasteiger partial charge on any atom is -0.367 e. The molecule has 11 heteroatoms. The molecule has 0 spiro atoms. The van der Waals surface area contributed by atoms with Crippen LogP contribution in [0.15, 0.2) is 53.6 Å². The summed E-state index contributed by atoms with van der Waals surface area (Å²) < 4.78 is 27.4. The van der Waals surface area contributed by atoms with Gasteiger partial charge in [0.1, 0.15) is 16.5 Å². The van der Waals surface area contributed by atoms with Crippen LogP contribution in [0.1, 0.15) is 5.56 Å². The Balaban J connectivity index is 1.52. The van der Waals surface area contributed by atoms with Gasteiger partial charge in [0.2, 0.25) is 10.0 Å². The monoisotopic (exact) mass is 452 g/mol. The van der Waals surface area contributed by atoms with E-state index in [1.165, 1.54) is 12.1 Å². The summed E-state index contributed by atoms with van der Waals surface area (Å²) in [5, 5.41) is 14.6. The molecule has 2 heterocycles. The first-order valence-corrected chi connectivity index (χ1v) is 10.8. The fourth-order valence-corrected chi connectivity index (χ4v) is 4.21. The Hall–Kier alpha value is -2.46. The first kappa shape index (κ1) is 21.3. The van der Waals surface area contributed by atoms with E-state index in [1.54, 1.807) is 25.3 Å². The molecule has 0 saturated heterocycles. The number of nitrogens with one attached hydrogen (secondary N) is 3. The number of nitrogens with zero attached hydrogens (tertiary/aromatic N) is 3. The molecule has 0 fully saturated rings. The van der Waals surface area contributed by atoms with Crippen molar-refractivity contribution in [2.75, 3.05) is 23.7 Å². The van der Waals surface area contributed by atoms with Crippen LogP contribution >= 0.6 is 23.2 Å². The van der Waals surface area contributed by atoms with E-state index in [9.17, 15) is 8.42 Å². The highest BCUT2D eigenvalue weighted by Gasteiger charge is 2.18. The molecule has 3 aromatic rings. The zero-order valence-corrected chi connectivity index (χ0v) is 17.7. The third kappa shape index (κ3) is 5.77. The third-order valence-corrected chi connectivity index (χ3v) is 6.14. The van der Waals surface area contributed by atoms with Crippen molar-refractivity contribution in [3.63, 3.8) is 0 Å². The van der Waals surface area contributed by atoms with Crippen LogP contribution in [0.2, 0.25) is 10.0 Å². The highest BCUT2D eigenvalue weighted by Crippen LogP contribution is 2.27. The maximum Gasteiger partial charge on any atom is 0.242 e. The fraction of sp³-hybridized carbons (Fsp3) is 0.167. The Morgan fingerprint density at radius 1 is 0.931 bits per heavy atom. The molecule has 0 saturated carbocycles. The average Bonchev–Trinajstić information content (AvgIpc) is 2.70. The molecule has 0 amide bonds. The Morgan fingerprint density at radius 3 is 2.38 bits per heavy atom. The summed E-state index contributed by atoms with van der Waals surface area (Å²) in [6.45, 7) is 2.16. The number of halogens is 2. The van der Waals surface area contributed by atoms with E-state index in [4.69, 9.17) is 23.2 Å². The zero-order valence-electron chi connectivity index (χ0n) is 15.4. The number of sulfonamides is 1. The molecule has 0 atom stereocenters. The van der Waals surface area contributed by atoms with Crippen LogP contribution in [-0.4, -0.2) is 36.7 Å². The van der Waals surface area contributed by atoms with Gasteiger partial charge in [-0.15, -0.1) is 10.2 Å². The summed E-state index contributed by atoms with van der Waals surface area (Å²) in [6, 6.07) is 11.8. The van der Waals surface area contributed by atoms with Gasteiger partial charge in [-0.1, -0.05) is 29.3 Å². The molecule has 0 bridgehead atoms. The molecular formula is C18H18Cl2N6O2S. The van der Waals surface area contributed by atoms with Crippen molar-refractivity contribution in [2.24, 2.45) is 0 Å². The van der Waals surface area contributed by atoms with Crippen LogP contribution in [0.5, 0.6) is 0 Å². The van der Waals surface area contributed by atoms with Gasteiger partial charge >= 0.3 is 0 Å². The molecule has 0 radical (unpaired) electrons. The van der Waals surface area contributed by atoms with Gasteiger partial charge in [-0.25, -0.2) is 18.1 Å². The lowest BCUT2D eigenvalue weighted by atomic mass is 10.2. The van der Waals surface area contributed by atoms with Crippen molar-refractivity contribution in [1.82, 2.24) is 19.9 Å². The molecule has 0 unspecified atom stereocenters. The Morgan fingerprint density at radius 2 is 1.69 bits per heavy atom. The number of anilines is 3. The summed E-state index contributed by atoms with van der Waals surface area (Å²) in [5.74, 6) is 1.71. The Bertz CT molecular complexity index is 1080. The quantitative estimate of drug-likeness (QED) is 0.447. The van der Waals surface area contributed by atoms with Gasteiger partial charge in [0.05, 0.1) is 5.02 Å². The summed E-state index contributed by atoms with van der Waals surface area (Å²) in [6.07, 6.45) is 1.67. The van der Waals surface area contributed by atoms with E-state index in [1.807, 2.05) is 18.2 Å². The molecular weight excluding hydrogens is 435 g/mol. The lowest BCUT2D eigenvalue weighted by Gasteiger charge is -2.11. The maximum absolute atomic E-state index is 12.4. The van der Waals surface area contributed by atoms with E-state index >= 15 is 0 Å². The minimum absolute atomic E-state index is 0.00851. The Labute approximate surface area is 178 Å². The number of benzene rings is 1. The Kier molecular flexibility index (Phi) is 6.86. The normalized spacial score (nSPS) is 11.3. The molecule has 0 aliphatic heterocycles. The van der Waals surface area contributed by atoms with Crippen LogP contribution in [-0.2, 0) is 10.0 Å². The first-order valence-electron chi connectivity index (χ1n) is 8.56. The van der Waals surface area contributed by atoms with Crippen molar-refractivity contribution in [3.8, 4) is 0 Å². The number of aromatic nitrogens is 3. The second-order valence-electron chi connectivity index (χ2n) is 6.00. The number of aryl methyl sites for hydroxylation is 1. The summed E-state index contributed by atoms with van der Waals surface area (Å²) >= 11 is 12.0. The van der Waals surface area contributed by atoms with Crippen molar-refractivity contribution in [2.45, 2.75) is 11.8 Å². The number of rotatable bonds is 8. The lowest BCUT2D eigenvalue weighted by Crippen LogP contribution is -2.29. The largest absolute Gasteiger partial charge is 0.367 e. The molecule has 3 N–H and O–H groups in total. The van der Waals surface area contributed by atoms with Gasteiger partial charge in [0, 0.05) is 24.3 Å². The van der Waals surface area contributed by atoms with Gasteiger partial charge in [-0.3, -0.25) is 0 Å². The SMILES string of the molecule is Cc1cc(S(=O)(=O)NCCNc2ccc(Nc3ccccn3)nn2)c(Cl)cc1Cl. The van der Waals surface area contributed by atoms with Crippen molar-refractivity contribution in [3.05, 3.63) is 64.3 Å². The lowest BCUT2D eigenvalue weighted by molar-refractivity contribution is 0.583. The number of hydrogen-bond donors (Lipinski definition) is 3. The van der Waals surface area contributed by atoms with Crippen molar-refractivity contribution in [1.29, 1.82) is 0 Å². The molecule has 0 aliphatic rings. The molecule has 1 aromatic carbocycles. The van der Waals surface area contributed by atoms with E-state index in [2.05, 4.69) is 30.5 Å².